The Balaban J connectivity index is 1.25. The highest BCUT2D eigenvalue weighted by Gasteiger charge is 2.25. The van der Waals surface area contributed by atoms with Crippen molar-refractivity contribution in [2.75, 3.05) is 23.4 Å². The van der Waals surface area contributed by atoms with Gasteiger partial charge in [-0.1, -0.05) is 24.3 Å². The maximum atomic E-state index is 12.3. The monoisotopic (exact) mass is 419 g/mol. The molecule has 2 aromatic carbocycles. The van der Waals surface area contributed by atoms with E-state index >= 15 is 0 Å². The fraction of sp³-hybridized carbons (Fsp3) is 0.174. The van der Waals surface area contributed by atoms with Gasteiger partial charge in [-0.2, -0.15) is 0 Å². The molecule has 4 rings (SSSR count). The zero-order valence-electron chi connectivity index (χ0n) is 16.7. The number of fused-ring (bicyclic) bond motifs is 1. The molecule has 8 heteroatoms. The standard InChI is InChI=1S/C23H21N3O5/c27-21(11-12-26-18-4-1-2-5-19(18)31-15-22(26)28)24-14-16-7-9-17(10-8-16)25-23(29)20-6-3-13-30-20/h1-10,13H,11-12,14-15H2,(H,24,27)(H,25,29). The lowest BCUT2D eigenvalue weighted by molar-refractivity contribution is -0.122. The number of ether oxygens (including phenoxy) is 1. The first-order valence-electron chi connectivity index (χ1n) is 9.83. The second kappa shape index (κ2) is 9.17. The molecule has 1 aliphatic heterocycles. The molecule has 2 heterocycles. The fourth-order valence-corrected chi connectivity index (χ4v) is 3.21. The Labute approximate surface area is 178 Å². The van der Waals surface area contributed by atoms with Crippen LogP contribution in [0.1, 0.15) is 22.5 Å². The first kappa shape index (κ1) is 20.2. The summed E-state index contributed by atoms with van der Waals surface area (Å²) in [5, 5.41) is 5.59. The molecular weight excluding hydrogens is 398 g/mol. The molecule has 0 spiro atoms. The summed E-state index contributed by atoms with van der Waals surface area (Å²) >= 11 is 0. The predicted octanol–water partition coefficient (Wildman–Crippen LogP) is 2.96. The molecule has 0 saturated carbocycles. The van der Waals surface area contributed by atoms with Crippen molar-refractivity contribution in [1.29, 1.82) is 0 Å². The molecule has 0 atom stereocenters. The summed E-state index contributed by atoms with van der Waals surface area (Å²) < 4.78 is 10.5. The summed E-state index contributed by atoms with van der Waals surface area (Å²) in [6.45, 7) is 0.600. The summed E-state index contributed by atoms with van der Waals surface area (Å²) in [5.74, 6) is 0.218. The minimum Gasteiger partial charge on any atom is -0.482 e. The number of carbonyl (C=O) groups is 3. The second-order valence-electron chi connectivity index (χ2n) is 6.96. The first-order chi connectivity index (χ1) is 15.1. The molecule has 0 radical (unpaired) electrons. The number of furan rings is 1. The van der Waals surface area contributed by atoms with Crippen LogP contribution in [0.4, 0.5) is 11.4 Å². The first-order valence-corrected chi connectivity index (χ1v) is 9.83. The molecule has 0 bridgehead atoms. The van der Waals surface area contributed by atoms with Gasteiger partial charge in [0.25, 0.3) is 11.8 Å². The molecule has 8 nitrogen and oxygen atoms in total. The van der Waals surface area contributed by atoms with E-state index in [1.54, 1.807) is 41.3 Å². The third kappa shape index (κ3) is 4.92. The molecule has 0 fully saturated rings. The normalized spacial score (nSPS) is 12.6. The highest BCUT2D eigenvalue weighted by atomic mass is 16.5. The van der Waals surface area contributed by atoms with Crippen molar-refractivity contribution >= 4 is 29.1 Å². The lowest BCUT2D eigenvalue weighted by atomic mass is 10.2. The molecule has 0 aliphatic carbocycles. The third-order valence-corrected chi connectivity index (χ3v) is 4.82. The van der Waals surface area contributed by atoms with Gasteiger partial charge in [-0.15, -0.1) is 0 Å². The van der Waals surface area contributed by atoms with Crippen LogP contribution in [-0.4, -0.2) is 30.9 Å². The van der Waals surface area contributed by atoms with E-state index in [0.717, 1.165) is 5.56 Å². The second-order valence-corrected chi connectivity index (χ2v) is 6.96. The Kier molecular flexibility index (Phi) is 5.98. The van der Waals surface area contributed by atoms with Crippen LogP contribution in [0.5, 0.6) is 5.75 Å². The molecule has 1 aliphatic rings. The van der Waals surface area contributed by atoms with Gasteiger partial charge >= 0.3 is 0 Å². The number of hydrogen-bond donors (Lipinski definition) is 2. The van der Waals surface area contributed by atoms with Gasteiger partial charge in [0, 0.05) is 25.2 Å². The van der Waals surface area contributed by atoms with Gasteiger partial charge in [0.1, 0.15) is 5.75 Å². The van der Waals surface area contributed by atoms with Gasteiger partial charge in [-0.05, 0) is 42.0 Å². The maximum absolute atomic E-state index is 12.3. The fourth-order valence-electron chi connectivity index (χ4n) is 3.21. The Morgan fingerprint density at radius 2 is 1.81 bits per heavy atom. The summed E-state index contributed by atoms with van der Waals surface area (Å²) in [6.07, 6.45) is 1.62. The third-order valence-electron chi connectivity index (χ3n) is 4.82. The van der Waals surface area contributed by atoms with Crippen molar-refractivity contribution < 1.29 is 23.5 Å². The molecule has 0 saturated heterocycles. The molecule has 1 aromatic heterocycles. The number of para-hydroxylation sites is 2. The highest BCUT2D eigenvalue weighted by Crippen LogP contribution is 2.31. The van der Waals surface area contributed by atoms with E-state index in [2.05, 4.69) is 10.6 Å². The smallest absolute Gasteiger partial charge is 0.291 e. The van der Waals surface area contributed by atoms with Gasteiger partial charge in [0.15, 0.2) is 12.4 Å². The van der Waals surface area contributed by atoms with Gasteiger partial charge in [0.2, 0.25) is 5.91 Å². The van der Waals surface area contributed by atoms with Crippen LogP contribution in [0.2, 0.25) is 0 Å². The number of amides is 3. The van der Waals surface area contributed by atoms with Crippen LogP contribution in [0.15, 0.2) is 71.3 Å². The Morgan fingerprint density at radius 3 is 2.58 bits per heavy atom. The number of benzene rings is 2. The van der Waals surface area contributed by atoms with E-state index in [1.165, 1.54) is 6.26 Å². The summed E-state index contributed by atoms with van der Waals surface area (Å²) in [6, 6.07) is 17.7. The Bertz CT molecular complexity index is 1080. The van der Waals surface area contributed by atoms with Gasteiger partial charge in [-0.3, -0.25) is 14.4 Å². The number of rotatable bonds is 7. The largest absolute Gasteiger partial charge is 0.482 e. The van der Waals surface area contributed by atoms with Crippen LogP contribution >= 0.6 is 0 Å². The lowest BCUT2D eigenvalue weighted by Gasteiger charge is -2.29. The highest BCUT2D eigenvalue weighted by molar-refractivity contribution is 6.02. The molecule has 0 unspecified atom stereocenters. The molecule has 3 amide bonds. The van der Waals surface area contributed by atoms with Crippen molar-refractivity contribution in [1.82, 2.24) is 5.32 Å². The minimum absolute atomic E-state index is 0.0263. The van der Waals surface area contributed by atoms with Crippen LogP contribution in [0, 0.1) is 0 Å². The molecular formula is C23H21N3O5. The SMILES string of the molecule is O=C(CCN1C(=O)COc2ccccc21)NCc1ccc(NC(=O)c2ccco2)cc1. The van der Waals surface area contributed by atoms with Crippen LogP contribution < -0.4 is 20.3 Å². The number of carbonyl (C=O) groups excluding carboxylic acids is 3. The van der Waals surface area contributed by atoms with Crippen molar-refractivity contribution in [2.45, 2.75) is 13.0 Å². The lowest BCUT2D eigenvalue weighted by Crippen LogP contribution is -2.41. The topological polar surface area (TPSA) is 101 Å². The summed E-state index contributed by atoms with van der Waals surface area (Å²) in [4.78, 5) is 38.0. The van der Waals surface area contributed by atoms with E-state index < -0.39 is 0 Å². The van der Waals surface area contributed by atoms with Gasteiger partial charge in [-0.25, -0.2) is 0 Å². The van der Waals surface area contributed by atoms with E-state index in [0.29, 0.717) is 23.7 Å². The van der Waals surface area contributed by atoms with Crippen molar-refractivity contribution in [2.24, 2.45) is 0 Å². The average molecular weight is 419 g/mol. The van der Waals surface area contributed by atoms with E-state index in [9.17, 15) is 14.4 Å². The maximum Gasteiger partial charge on any atom is 0.291 e. The molecule has 2 N–H and O–H groups in total. The number of nitrogens with zero attached hydrogens (tertiary/aromatic N) is 1. The Hall–Kier alpha value is -4.07. The summed E-state index contributed by atoms with van der Waals surface area (Å²) in [5.41, 5.74) is 2.19. The zero-order chi connectivity index (χ0) is 21.6. The van der Waals surface area contributed by atoms with Crippen molar-refractivity contribution in [3.63, 3.8) is 0 Å². The van der Waals surface area contributed by atoms with Crippen LogP contribution in [0.25, 0.3) is 0 Å². The minimum atomic E-state index is -0.328. The molecule has 31 heavy (non-hydrogen) atoms. The van der Waals surface area contributed by atoms with Crippen molar-refractivity contribution in [3.05, 3.63) is 78.3 Å². The molecule has 158 valence electrons. The zero-order valence-corrected chi connectivity index (χ0v) is 16.7. The predicted molar refractivity (Wildman–Crippen MR) is 114 cm³/mol. The molecule has 3 aromatic rings. The number of anilines is 2. The average Bonchev–Trinajstić information content (AvgIpc) is 3.33. The van der Waals surface area contributed by atoms with Gasteiger partial charge in [0.05, 0.1) is 12.0 Å². The van der Waals surface area contributed by atoms with Crippen LogP contribution in [0.3, 0.4) is 0 Å². The Morgan fingerprint density at radius 1 is 1.00 bits per heavy atom. The van der Waals surface area contributed by atoms with Crippen LogP contribution in [-0.2, 0) is 16.1 Å². The van der Waals surface area contributed by atoms with E-state index in [1.807, 2.05) is 24.3 Å². The number of nitrogens with one attached hydrogen (secondary N) is 2. The van der Waals surface area contributed by atoms with E-state index in [-0.39, 0.29) is 43.1 Å². The van der Waals surface area contributed by atoms with E-state index in [4.69, 9.17) is 9.15 Å². The number of hydrogen-bond acceptors (Lipinski definition) is 5. The quantitative estimate of drug-likeness (QED) is 0.613. The van der Waals surface area contributed by atoms with Crippen molar-refractivity contribution in [3.8, 4) is 5.75 Å². The summed E-state index contributed by atoms with van der Waals surface area (Å²) in [7, 11) is 0. The van der Waals surface area contributed by atoms with Gasteiger partial charge < -0.3 is 24.7 Å².